The molecule has 3 heterocycles. The lowest BCUT2D eigenvalue weighted by atomic mass is 9.96. The van der Waals surface area contributed by atoms with Crippen LogP contribution in [0.2, 0.25) is 0 Å². The molecule has 10 atom stereocenters. The van der Waals surface area contributed by atoms with Crippen molar-refractivity contribution in [3.63, 3.8) is 0 Å². The standard InChI is InChI=1S/C21H38N4O11/c1-3-5-11-8-24(23-22-11)6-4-7-25(33-2)20-18(32)19(15(29)13(10-27)34-20)36-21-17(31)16(30)14(28)12(9-26)35-21/h8,12-21,26-32H,3-7,9-10H2,1-2H3. The van der Waals surface area contributed by atoms with Crippen LogP contribution in [0.15, 0.2) is 6.20 Å². The van der Waals surface area contributed by atoms with Crippen LogP contribution in [0.3, 0.4) is 0 Å². The summed E-state index contributed by atoms with van der Waals surface area (Å²) in [4.78, 5) is 5.39. The Kier molecular flexibility index (Phi) is 10.9. The van der Waals surface area contributed by atoms with E-state index in [-0.39, 0.29) is 6.54 Å². The number of aryl methyl sites for hydroxylation is 2. The zero-order valence-corrected chi connectivity index (χ0v) is 20.4. The fourth-order valence-electron chi connectivity index (χ4n) is 4.33. The van der Waals surface area contributed by atoms with Gasteiger partial charge in [0.25, 0.3) is 0 Å². The summed E-state index contributed by atoms with van der Waals surface area (Å²) >= 11 is 0. The molecule has 15 nitrogen and oxygen atoms in total. The molecule has 0 aliphatic carbocycles. The minimum Gasteiger partial charge on any atom is -0.394 e. The Morgan fingerprint density at radius 2 is 1.67 bits per heavy atom. The maximum Gasteiger partial charge on any atom is 0.187 e. The van der Waals surface area contributed by atoms with Crippen molar-refractivity contribution in [1.29, 1.82) is 0 Å². The third-order valence-corrected chi connectivity index (χ3v) is 6.36. The van der Waals surface area contributed by atoms with Gasteiger partial charge in [-0.1, -0.05) is 18.6 Å². The molecule has 2 aliphatic rings. The molecule has 0 saturated carbocycles. The second-order valence-corrected chi connectivity index (χ2v) is 8.93. The highest BCUT2D eigenvalue weighted by atomic mass is 16.7. The Balaban J connectivity index is 1.67. The molecule has 0 bridgehead atoms. The number of ether oxygens (including phenoxy) is 3. The molecule has 15 heteroatoms. The van der Waals surface area contributed by atoms with Crippen molar-refractivity contribution in [2.45, 2.75) is 94.1 Å². The summed E-state index contributed by atoms with van der Waals surface area (Å²) in [5, 5.41) is 80.6. The third-order valence-electron chi connectivity index (χ3n) is 6.36. The maximum absolute atomic E-state index is 11.0. The van der Waals surface area contributed by atoms with E-state index in [9.17, 15) is 35.7 Å². The highest BCUT2D eigenvalue weighted by Gasteiger charge is 2.51. The fourth-order valence-corrected chi connectivity index (χ4v) is 4.33. The van der Waals surface area contributed by atoms with E-state index in [1.807, 2.05) is 6.20 Å². The SMILES string of the molecule is CCCc1cn(CCCN(OC)C2OC(CO)C(O)C(OC3OC(CO)C(O)C(O)C3O)C2O)nn1. The predicted octanol–water partition coefficient (Wildman–Crippen LogP) is -3.89. The van der Waals surface area contributed by atoms with E-state index >= 15 is 0 Å². The molecule has 36 heavy (non-hydrogen) atoms. The van der Waals surface area contributed by atoms with Crippen molar-refractivity contribution in [3.05, 3.63) is 11.9 Å². The number of aliphatic hydroxyl groups is 7. The Bertz CT molecular complexity index is 787. The number of aliphatic hydroxyl groups excluding tert-OH is 7. The molecule has 3 rings (SSSR count). The molecule has 2 aliphatic heterocycles. The van der Waals surface area contributed by atoms with Crippen LogP contribution in [0.25, 0.3) is 0 Å². The van der Waals surface area contributed by atoms with Gasteiger partial charge in [-0.25, -0.2) is 0 Å². The molecule has 7 N–H and O–H groups in total. The second-order valence-electron chi connectivity index (χ2n) is 8.93. The van der Waals surface area contributed by atoms with E-state index < -0.39 is 74.6 Å². The summed E-state index contributed by atoms with van der Waals surface area (Å²) in [6.07, 6.45) is -10.6. The number of aromatic nitrogens is 3. The van der Waals surface area contributed by atoms with Gasteiger partial charge in [-0.05, 0) is 12.8 Å². The van der Waals surface area contributed by atoms with Gasteiger partial charge in [-0.2, -0.15) is 5.06 Å². The zero-order valence-electron chi connectivity index (χ0n) is 20.4. The molecule has 1 aromatic rings. The molecule has 10 unspecified atom stereocenters. The van der Waals surface area contributed by atoms with Crippen LogP contribution in [0.5, 0.6) is 0 Å². The third kappa shape index (κ3) is 6.56. The fraction of sp³-hybridized carbons (Fsp3) is 0.905. The van der Waals surface area contributed by atoms with Crippen molar-refractivity contribution in [1.82, 2.24) is 20.1 Å². The van der Waals surface area contributed by atoms with Gasteiger partial charge in [-0.15, -0.1) is 5.10 Å². The first-order valence-electron chi connectivity index (χ1n) is 12.0. The normalized spacial score (nSPS) is 37.5. The van der Waals surface area contributed by atoms with Crippen molar-refractivity contribution in [3.8, 4) is 0 Å². The molecule has 2 saturated heterocycles. The van der Waals surface area contributed by atoms with Crippen molar-refractivity contribution >= 4 is 0 Å². The van der Waals surface area contributed by atoms with E-state index in [0.29, 0.717) is 13.0 Å². The lowest BCUT2D eigenvalue weighted by Crippen LogP contribution is -2.66. The number of hydroxylamine groups is 2. The Morgan fingerprint density at radius 3 is 2.31 bits per heavy atom. The summed E-state index contributed by atoms with van der Waals surface area (Å²) < 4.78 is 18.3. The van der Waals surface area contributed by atoms with Crippen LogP contribution in [0.4, 0.5) is 0 Å². The van der Waals surface area contributed by atoms with Crippen molar-refractivity contribution in [2.75, 3.05) is 26.9 Å². The Labute approximate surface area is 208 Å². The van der Waals surface area contributed by atoms with Crippen LogP contribution in [-0.2, 0) is 32.0 Å². The van der Waals surface area contributed by atoms with Crippen LogP contribution in [0.1, 0.15) is 25.5 Å². The lowest BCUT2D eigenvalue weighted by molar-refractivity contribution is -0.368. The summed E-state index contributed by atoms with van der Waals surface area (Å²) in [6.45, 7) is 1.54. The summed E-state index contributed by atoms with van der Waals surface area (Å²) in [5.41, 5.74) is 0.889. The summed E-state index contributed by atoms with van der Waals surface area (Å²) in [5.74, 6) is 0. The predicted molar refractivity (Wildman–Crippen MR) is 119 cm³/mol. The first-order valence-corrected chi connectivity index (χ1v) is 12.0. The van der Waals surface area contributed by atoms with Crippen molar-refractivity contribution in [2.24, 2.45) is 0 Å². The summed E-state index contributed by atoms with van der Waals surface area (Å²) in [6, 6.07) is 0. The van der Waals surface area contributed by atoms with Gasteiger partial charge in [0.1, 0.15) is 48.8 Å². The first-order chi connectivity index (χ1) is 17.2. The molecule has 0 aromatic carbocycles. The van der Waals surface area contributed by atoms with E-state index in [0.717, 1.165) is 18.5 Å². The van der Waals surface area contributed by atoms with Gasteiger partial charge in [0.15, 0.2) is 12.5 Å². The highest BCUT2D eigenvalue weighted by Crippen LogP contribution is 2.30. The Morgan fingerprint density at radius 1 is 0.972 bits per heavy atom. The van der Waals surface area contributed by atoms with E-state index in [1.165, 1.54) is 12.2 Å². The van der Waals surface area contributed by atoms with Crippen LogP contribution in [0, 0.1) is 0 Å². The van der Waals surface area contributed by atoms with Gasteiger partial charge in [0, 0.05) is 19.3 Å². The van der Waals surface area contributed by atoms with Gasteiger partial charge in [0.2, 0.25) is 0 Å². The number of nitrogens with zero attached hydrogens (tertiary/aromatic N) is 4. The van der Waals surface area contributed by atoms with Crippen molar-refractivity contribution < 1.29 is 54.8 Å². The highest BCUT2D eigenvalue weighted by molar-refractivity contribution is 4.95. The minimum absolute atomic E-state index is 0.266. The van der Waals surface area contributed by atoms with Gasteiger partial charge in [-0.3, -0.25) is 9.52 Å². The number of rotatable bonds is 12. The number of hydrogen-bond acceptors (Lipinski definition) is 14. The lowest BCUT2D eigenvalue weighted by Gasteiger charge is -2.47. The van der Waals surface area contributed by atoms with Gasteiger partial charge in [0.05, 0.1) is 26.0 Å². The monoisotopic (exact) mass is 522 g/mol. The molecular formula is C21H38N4O11. The summed E-state index contributed by atoms with van der Waals surface area (Å²) in [7, 11) is 1.37. The maximum atomic E-state index is 11.0. The average molecular weight is 523 g/mol. The van der Waals surface area contributed by atoms with Crippen LogP contribution < -0.4 is 0 Å². The molecule has 0 amide bonds. The molecular weight excluding hydrogens is 484 g/mol. The Hall–Kier alpha value is -1.34. The van der Waals surface area contributed by atoms with E-state index in [2.05, 4.69) is 17.2 Å². The first kappa shape index (κ1) is 29.2. The largest absolute Gasteiger partial charge is 0.394 e. The molecule has 2 fully saturated rings. The zero-order chi connectivity index (χ0) is 26.4. The molecule has 1 aromatic heterocycles. The van der Waals surface area contributed by atoms with Gasteiger partial charge < -0.3 is 50.0 Å². The van der Waals surface area contributed by atoms with Crippen LogP contribution in [-0.4, -0.2) is 144 Å². The topological polar surface area (TPSA) is 212 Å². The van der Waals surface area contributed by atoms with Gasteiger partial charge >= 0.3 is 0 Å². The average Bonchev–Trinajstić information content (AvgIpc) is 3.32. The molecule has 0 spiro atoms. The van der Waals surface area contributed by atoms with Crippen LogP contribution >= 0.6 is 0 Å². The minimum atomic E-state index is -1.74. The quantitative estimate of drug-likeness (QED) is 0.131. The van der Waals surface area contributed by atoms with E-state index in [4.69, 9.17) is 19.0 Å². The molecule has 208 valence electrons. The smallest absolute Gasteiger partial charge is 0.187 e. The molecule has 0 radical (unpaired) electrons. The second kappa shape index (κ2) is 13.5. The van der Waals surface area contributed by atoms with E-state index in [1.54, 1.807) is 4.68 Å². The number of hydrogen-bond donors (Lipinski definition) is 7.